The van der Waals surface area contributed by atoms with Crippen LogP contribution in [-0.2, 0) is 6.54 Å². The quantitative estimate of drug-likeness (QED) is 0.721. The number of para-hydroxylation sites is 1. The summed E-state index contributed by atoms with van der Waals surface area (Å²) in [5.74, 6) is 2.16. The molecule has 0 aliphatic heterocycles. The first kappa shape index (κ1) is 13.4. The first-order valence-corrected chi connectivity index (χ1v) is 6.94. The van der Waals surface area contributed by atoms with Crippen LogP contribution in [0.25, 0.3) is 11.5 Å². The molecule has 1 aromatic carbocycles. The fourth-order valence-corrected chi connectivity index (χ4v) is 2.16. The molecular formula is C16H17N3O2. The van der Waals surface area contributed by atoms with E-state index in [9.17, 15) is 0 Å². The van der Waals surface area contributed by atoms with Crippen molar-refractivity contribution in [1.82, 2.24) is 14.8 Å². The van der Waals surface area contributed by atoms with E-state index in [1.54, 1.807) is 6.20 Å². The number of benzene rings is 1. The fraction of sp³-hybridized carbons (Fsp3) is 0.250. The molecule has 5 heteroatoms. The number of ether oxygens (including phenoxy) is 1. The van der Waals surface area contributed by atoms with E-state index in [1.165, 1.54) is 0 Å². The van der Waals surface area contributed by atoms with Gasteiger partial charge >= 0.3 is 0 Å². The van der Waals surface area contributed by atoms with Crippen molar-refractivity contribution in [2.45, 2.75) is 20.4 Å². The van der Waals surface area contributed by atoms with Crippen LogP contribution in [0.15, 0.2) is 47.1 Å². The van der Waals surface area contributed by atoms with Crippen LogP contribution in [0, 0.1) is 6.92 Å². The van der Waals surface area contributed by atoms with Crippen LogP contribution in [0.3, 0.4) is 0 Å². The van der Waals surface area contributed by atoms with Gasteiger partial charge in [0.1, 0.15) is 17.2 Å². The Morgan fingerprint density at radius 2 is 2.10 bits per heavy atom. The lowest BCUT2D eigenvalue weighted by Crippen LogP contribution is -2.01. The zero-order chi connectivity index (χ0) is 14.7. The molecule has 3 aromatic rings. The third-order valence-corrected chi connectivity index (χ3v) is 3.18. The Kier molecular flexibility index (Phi) is 3.73. The number of aryl methyl sites for hydroxylation is 1. The van der Waals surface area contributed by atoms with Gasteiger partial charge in [0.15, 0.2) is 0 Å². The highest BCUT2D eigenvalue weighted by molar-refractivity contribution is 5.63. The molecule has 0 aliphatic rings. The maximum Gasteiger partial charge on any atom is 0.230 e. The van der Waals surface area contributed by atoms with Crippen molar-refractivity contribution in [3.8, 4) is 17.2 Å². The summed E-state index contributed by atoms with van der Waals surface area (Å²) in [6, 6.07) is 9.65. The molecule has 0 spiro atoms. The summed E-state index contributed by atoms with van der Waals surface area (Å²) in [6.45, 7) is 5.08. The highest BCUT2D eigenvalue weighted by Crippen LogP contribution is 2.30. The lowest BCUT2D eigenvalue weighted by atomic mass is 10.2. The number of hydrogen-bond donors (Lipinski definition) is 0. The minimum atomic E-state index is 0.582. The van der Waals surface area contributed by atoms with Gasteiger partial charge in [-0.05, 0) is 32.0 Å². The lowest BCUT2D eigenvalue weighted by Gasteiger charge is -2.06. The third kappa shape index (κ3) is 2.81. The van der Waals surface area contributed by atoms with E-state index in [0.29, 0.717) is 19.0 Å². The van der Waals surface area contributed by atoms with Gasteiger partial charge in [0.25, 0.3) is 0 Å². The average molecular weight is 283 g/mol. The summed E-state index contributed by atoms with van der Waals surface area (Å²) < 4.78 is 13.3. The predicted octanol–water partition coefficient (Wildman–Crippen LogP) is 3.29. The maximum absolute atomic E-state index is 5.80. The summed E-state index contributed by atoms with van der Waals surface area (Å²) in [4.78, 5) is 4.59. The second-order valence-corrected chi connectivity index (χ2v) is 4.65. The van der Waals surface area contributed by atoms with Crippen LogP contribution in [0.5, 0.6) is 5.75 Å². The van der Waals surface area contributed by atoms with Crippen LogP contribution in [-0.4, -0.2) is 21.4 Å². The van der Waals surface area contributed by atoms with Crippen molar-refractivity contribution in [1.29, 1.82) is 0 Å². The minimum Gasteiger partial charge on any atom is -0.493 e. The van der Waals surface area contributed by atoms with Crippen LogP contribution < -0.4 is 4.74 Å². The molecule has 5 nitrogen and oxygen atoms in total. The maximum atomic E-state index is 5.80. The molecule has 0 atom stereocenters. The van der Waals surface area contributed by atoms with E-state index in [1.807, 2.05) is 55.1 Å². The van der Waals surface area contributed by atoms with Gasteiger partial charge in [0, 0.05) is 12.4 Å². The van der Waals surface area contributed by atoms with E-state index in [-0.39, 0.29) is 0 Å². The standard InChI is InChI=1S/C16H17N3O2/c1-3-20-15-8-5-4-7-13(15)16-18-14(12(2)21-16)11-19-10-6-9-17-19/h4-10H,3,11H2,1-2H3. The van der Waals surface area contributed by atoms with E-state index in [4.69, 9.17) is 9.15 Å². The Morgan fingerprint density at radius 1 is 1.24 bits per heavy atom. The molecule has 0 saturated carbocycles. The highest BCUT2D eigenvalue weighted by atomic mass is 16.5. The molecule has 0 unspecified atom stereocenters. The summed E-state index contributed by atoms with van der Waals surface area (Å²) in [5, 5.41) is 4.19. The molecule has 3 rings (SSSR count). The van der Waals surface area contributed by atoms with Gasteiger partial charge in [-0.3, -0.25) is 4.68 Å². The Labute approximate surface area is 123 Å². The second kappa shape index (κ2) is 5.83. The van der Waals surface area contributed by atoms with Gasteiger partial charge in [-0.25, -0.2) is 4.98 Å². The molecule has 2 heterocycles. The van der Waals surface area contributed by atoms with Crippen molar-refractivity contribution >= 4 is 0 Å². The van der Waals surface area contributed by atoms with Gasteiger partial charge in [0.2, 0.25) is 5.89 Å². The molecule has 108 valence electrons. The summed E-state index contributed by atoms with van der Waals surface area (Å²) >= 11 is 0. The summed E-state index contributed by atoms with van der Waals surface area (Å²) in [7, 11) is 0. The number of nitrogens with zero attached hydrogens (tertiary/aromatic N) is 3. The van der Waals surface area contributed by atoms with E-state index in [0.717, 1.165) is 22.8 Å². The molecule has 0 N–H and O–H groups in total. The largest absolute Gasteiger partial charge is 0.493 e. The first-order chi connectivity index (χ1) is 10.3. The number of rotatable bonds is 5. The Balaban J connectivity index is 1.93. The molecule has 2 aromatic heterocycles. The summed E-state index contributed by atoms with van der Waals surface area (Å²) in [5.41, 5.74) is 1.74. The SMILES string of the molecule is CCOc1ccccc1-c1nc(Cn2cccn2)c(C)o1. The number of oxazole rings is 1. The molecule has 0 bridgehead atoms. The van der Waals surface area contributed by atoms with E-state index < -0.39 is 0 Å². The molecule has 21 heavy (non-hydrogen) atoms. The van der Waals surface area contributed by atoms with Crippen LogP contribution >= 0.6 is 0 Å². The third-order valence-electron chi connectivity index (χ3n) is 3.18. The molecule has 0 fully saturated rings. The lowest BCUT2D eigenvalue weighted by molar-refractivity contribution is 0.340. The van der Waals surface area contributed by atoms with Crippen molar-refractivity contribution in [3.05, 3.63) is 54.2 Å². The topological polar surface area (TPSA) is 53.1 Å². The van der Waals surface area contributed by atoms with Crippen molar-refractivity contribution in [2.75, 3.05) is 6.61 Å². The van der Waals surface area contributed by atoms with Gasteiger partial charge in [-0.1, -0.05) is 12.1 Å². The second-order valence-electron chi connectivity index (χ2n) is 4.65. The highest BCUT2D eigenvalue weighted by Gasteiger charge is 2.15. The van der Waals surface area contributed by atoms with Gasteiger partial charge < -0.3 is 9.15 Å². The fourth-order valence-electron chi connectivity index (χ4n) is 2.16. The smallest absolute Gasteiger partial charge is 0.230 e. The Hall–Kier alpha value is -2.56. The Morgan fingerprint density at radius 3 is 2.86 bits per heavy atom. The number of hydrogen-bond acceptors (Lipinski definition) is 4. The first-order valence-electron chi connectivity index (χ1n) is 6.94. The van der Waals surface area contributed by atoms with E-state index >= 15 is 0 Å². The van der Waals surface area contributed by atoms with Crippen molar-refractivity contribution < 1.29 is 9.15 Å². The van der Waals surface area contributed by atoms with Crippen LogP contribution in [0.4, 0.5) is 0 Å². The van der Waals surface area contributed by atoms with Crippen LogP contribution in [0.1, 0.15) is 18.4 Å². The zero-order valence-electron chi connectivity index (χ0n) is 12.1. The summed E-state index contributed by atoms with van der Waals surface area (Å²) in [6.07, 6.45) is 3.66. The van der Waals surface area contributed by atoms with Gasteiger partial charge in [-0.15, -0.1) is 0 Å². The molecule has 0 aliphatic carbocycles. The molecule has 0 saturated heterocycles. The molecule has 0 amide bonds. The normalized spacial score (nSPS) is 10.8. The molecular weight excluding hydrogens is 266 g/mol. The number of aromatic nitrogens is 3. The molecule has 0 radical (unpaired) electrons. The van der Waals surface area contributed by atoms with Crippen molar-refractivity contribution in [2.24, 2.45) is 0 Å². The minimum absolute atomic E-state index is 0.582. The van der Waals surface area contributed by atoms with Gasteiger partial charge in [0.05, 0.1) is 18.7 Å². The van der Waals surface area contributed by atoms with Crippen molar-refractivity contribution in [3.63, 3.8) is 0 Å². The monoisotopic (exact) mass is 283 g/mol. The van der Waals surface area contributed by atoms with E-state index in [2.05, 4.69) is 10.1 Å². The average Bonchev–Trinajstić information content (AvgIpc) is 3.11. The predicted molar refractivity (Wildman–Crippen MR) is 79.2 cm³/mol. The zero-order valence-corrected chi connectivity index (χ0v) is 12.1. The Bertz CT molecular complexity index is 717. The van der Waals surface area contributed by atoms with Gasteiger partial charge in [-0.2, -0.15) is 5.10 Å². The van der Waals surface area contributed by atoms with Crippen LogP contribution in [0.2, 0.25) is 0 Å².